The first kappa shape index (κ1) is 13.3. The van der Waals surface area contributed by atoms with E-state index in [2.05, 4.69) is 15.9 Å². The van der Waals surface area contributed by atoms with Crippen LogP contribution in [-0.4, -0.2) is 5.78 Å². The SMILES string of the molecule is CC(=O)CC(C)Cc1c(F)ccc(Br)c1F. The number of halogens is 3. The summed E-state index contributed by atoms with van der Waals surface area (Å²) in [6.07, 6.45) is 0.572. The fraction of sp³-hybridized carbons (Fsp3) is 0.417. The first-order valence-electron chi connectivity index (χ1n) is 5.03. The van der Waals surface area contributed by atoms with Gasteiger partial charge in [0.25, 0.3) is 0 Å². The number of Topliss-reactive ketones (excluding diaryl/α,β-unsaturated/α-hetero) is 1. The van der Waals surface area contributed by atoms with Gasteiger partial charge in [0, 0.05) is 12.0 Å². The van der Waals surface area contributed by atoms with E-state index in [1.54, 1.807) is 6.92 Å². The minimum absolute atomic E-state index is 0.0308. The third kappa shape index (κ3) is 3.37. The van der Waals surface area contributed by atoms with Gasteiger partial charge in [-0.25, -0.2) is 8.78 Å². The zero-order chi connectivity index (χ0) is 12.3. The van der Waals surface area contributed by atoms with Crippen LogP contribution >= 0.6 is 15.9 Å². The maximum atomic E-state index is 13.6. The van der Waals surface area contributed by atoms with Crippen LogP contribution in [0.1, 0.15) is 25.8 Å². The number of ketones is 1. The third-order valence-corrected chi connectivity index (χ3v) is 2.94. The predicted molar refractivity (Wildman–Crippen MR) is 62.2 cm³/mol. The average Bonchev–Trinajstić information content (AvgIpc) is 2.17. The maximum Gasteiger partial charge on any atom is 0.143 e. The van der Waals surface area contributed by atoms with Crippen LogP contribution in [0.5, 0.6) is 0 Å². The molecule has 1 aromatic carbocycles. The van der Waals surface area contributed by atoms with E-state index in [9.17, 15) is 13.6 Å². The minimum Gasteiger partial charge on any atom is -0.300 e. The first-order chi connectivity index (χ1) is 7.41. The number of hydrogen-bond acceptors (Lipinski definition) is 1. The van der Waals surface area contributed by atoms with E-state index in [0.717, 1.165) is 0 Å². The van der Waals surface area contributed by atoms with Crippen molar-refractivity contribution in [2.75, 3.05) is 0 Å². The summed E-state index contributed by atoms with van der Waals surface area (Å²) in [5.41, 5.74) is 0.0446. The number of benzene rings is 1. The van der Waals surface area contributed by atoms with Crippen molar-refractivity contribution in [1.82, 2.24) is 0 Å². The van der Waals surface area contributed by atoms with Crippen molar-refractivity contribution in [3.63, 3.8) is 0 Å². The Morgan fingerprint density at radius 3 is 2.62 bits per heavy atom. The highest BCUT2D eigenvalue weighted by molar-refractivity contribution is 9.10. The Hall–Kier alpha value is -0.770. The summed E-state index contributed by atoms with van der Waals surface area (Å²) in [6, 6.07) is 2.56. The maximum absolute atomic E-state index is 13.6. The van der Waals surface area contributed by atoms with E-state index in [1.165, 1.54) is 19.1 Å². The summed E-state index contributed by atoms with van der Waals surface area (Å²) < 4.78 is 27.2. The molecule has 0 saturated heterocycles. The van der Waals surface area contributed by atoms with Gasteiger partial charge in [0.05, 0.1) is 4.47 Å². The quantitative estimate of drug-likeness (QED) is 0.769. The molecule has 4 heteroatoms. The van der Waals surface area contributed by atoms with Crippen molar-refractivity contribution >= 4 is 21.7 Å². The molecule has 0 aliphatic rings. The van der Waals surface area contributed by atoms with Crippen LogP contribution in [0, 0.1) is 17.6 Å². The van der Waals surface area contributed by atoms with Gasteiger partial charge in [-0.3, -0.25) is 0 Å². The molecule has 1 atom stereocenters. The lowest BCUT2D eigenvalue weighted by Crippen LogP contribution is -2.08. The number of rotatable bonds is 4. The number of carbonyl (C=O) groups excluding carboxylic acids is 1. The van der Waals surface area contributed by atoms with Gasteiger partial charge in [0.1, 0.15) is 17.4 Å². The summed E-state index contributed by atoms with van der Waals surface area (Å²) in [6.45, 7) is 3.28. The molecule has 1 rings (SSSR count). The van der Waals surface area contributed by atoms with Gasteiger partial charge in [-0.05, 0) is 47.3 Å². The van der Waals surface area contributed by atoms with Gasteiger partial charge in [0.2, 0.25) is 0 Å². The van der Waals surface area contributed by atoms with Gasteiger partial charge in [-0.1, -0.05) is 6.92 Å². The van der Waals surface area contributed by atoms with Gasteiger partial charge >= 0.3 is 0 Å². The molecule has 0 aliphatic carbocycles. The second-order valence-corrected chi connectivity index (χ2v) is 4.89. The fourth-order valence-electron chi connectivity index (χ4n) is 1.67. The molecule has 1 unspecified atom stereocenters. The molecule has 88 valence electrons. The topological polar surface area (TPSA) is 17.1 Å². The highest BCUT2D eigenvalue weighted by atomic mass is 79.9. The normalized spacial score (nSPS) is 12.6. The highest BCUT2D eigenvalue weighted by Gasteiger charge is 2.16. The summed E-state index contributed by atoms with van der Waals surface area (Å²) in [7, 11) is 0. The zero-order valence-electron chi connectivity index (χ0n) is 9.19. The van der Waals surface area contributed by atoms with Crippen molar-refractivity contribution in [2.45, 2.75) is 26.7 Å². The van der Waals surface area contributed by atoms with Crippen LogP contribution in [0.25, 0.3) is 0 Å². The molecular formula is C12H13BrF2O. The van der Waals surface area contributed by atoms with Crippen LogP contribution < -0.4 is 0 Å². The Balaban J connectivity index is 2.88. The van der Waals surface area contributed by atoms with E-state index in [4.69, 9.17) is 0 Å². The monoisotopic (exact) mass is 290 g/mol. The first-order valence-corrected chi connectivity index (χ1v) is 5.83. The highest BCUT2D eigenvalue weighted by Crippen LogP contribution is 2.24. The minimum atomic E-state index is -0.574. The molecule has 0 fully saturated rings. The standard InChI is InChI=1S/C12H13BrF2O/c1-7(5-8(2)16)6-9-11(14)4-3-10(13)12(9)15/h3-4,7H,5-6H2,1-2H3. The lowest BCUT2D eigenvalue weighted by molar-refractivity contribution is -0.117. The van der Waals surface area contributed by atoms with E-state index in [1.807, 2.05) is 0 Å². The molecule has 0 amide bonds. The molecule has 1 nitrogen and oxygen atoms in total. The van der Waals surface area contributed by atoms with E-state index in [-0.39, 0.29) is 28.2 Å². The van der Waals surface area contributed by atoms with Gasteiger partial charge in [-0.2, -0.15) is 0 Å². The largest absolute Gasteiger partial charge is 0.300 e. The van der Waals surface area contributed by atoms with Crippen molar-refractivity contribution in [2.24, 2.45) is 5.92 Å². The fourth-order valence-corrected chi connectivity index (χ4v) is 2.04. The van der Waals surface area contributed by atoms with Gasteiger partial charge < -0.3 is 4.79 Å². The van der Waals surface area contributed by atoms with Crippen LogP contribution in [-0.2, 0) is 11.2 Å². The summed E-state index contributed by atoms with van der Waals surface area (Å²) in [5.74, 6) is -1.16. The lowest BCUT2D eigenvalue weighted by Gasteiger charge is -2.11. The molecule has 0 heterocycles. The van der Waals surface area contributed by atoms with Crippen molar-refractivity contribution in [3.8, 4) is 0 Å². The van der Waals surface area contributed by atoms with Crippen molar-refractivity contribution in [3.05, 3.63) is 33.8 Å². The second kappa shape index (κ2) is 5.53. The van der Waals surface area contributed by atoms with Crippen molar-refractivity contribution in [1.29, 1.82) is 0 Å². The molecule has 0 aliphatic heterocycles. The number of carbonyl (C=O) groups is 1. The predicted octanol–water partition coefficient (Wildman–Crippen LogP) is 3.89. The Morgan fingerprint density at radius 1 is 1.44 bits per heavy atom. The molecule has 0 bridgehead atoms. The van der Waals surface area contributed by atoms with Gasteiger partial charge in [-0.15, -0.1) is 0 Å². The van der Waals surface area contributed by atoms with E-state index >= 15 is 0 Å². The molecular weight excluding hydrogens is 278 g/mol. The third-order valence-electron chi connectivity index (χ3n) is 2.33. The van der Waals surface area contributed by atoms with Gasteiger partial charge in [0.15, 0.2) is 0 Å². The summed E-state index contributed by atoms with van der Waals surface area (Å²) >= 11 is 3.01. The lowest BCUT2D eigenvalue weighted by atomic mass is 9.96. The molecule has 1 aromatic rings. The summed E-state index contributed by atoms with van der Waals surface area (Å²) in [4.78, 5) is 10.9. The Labute approximate surface area is 102 Å². The van der Waals surface area contributed by atoms with E-state index < -0.39 is 11.6 Å². The van der Waals surface area contributed by atoms with Crippen molar-refractivity contribution < 1.29 is 13.6 Å². The average molecular weight is 291 g/mol. The van der Waals surface area contributed by atoms with Crippen LogP contribution in [0.15, 0.2) is 16.6 Å². The van der Waals surface area contributed by atoms with E-state index in [0.29, 0.717) is 6.42 Å². The molecule has 0 spiro atoms. The Kier molecular flexibility index (Phi) is 4.59. The van der Waals surface area contributed by atoms with Crippen LogP contribution in [0.4, 0.5) is 8.78 Å². The molecule has 16 heavy (non-hydrogen) atoms. The summed E-state index contributed by atoms with van der Waals surface area (Å²) in [5, 5.41) is 0. The van der Waals surface area contributed by atoms with Crippen LogP contribution in [0.2, 0.25) is 0 Å². The molecule has 0 saturated carbocycles. The zero-order valence-corrected chi connectivity index (χ0v) is 10.8. The Morgan fingerprint density at radius 2 is 2.06 bits per heavy atom. The second-order valence-electron chi connectivity index (χ2n) is 4.04. The molecule has 0 aromatic heterocycles. The van der Waals surface area contributed by atoms with Crippen LogP contribution in [0.3, 0.4) is 0 Å². The molecule has 0 N–H and O–H groups in total. The number of hydrogen-bond donors (Lipinski definition) is 0. The molecule has 0 radical (unpaired) electrons. The smallest absolute Gasteiger partial charge is 0.143 e. The Bertz CT molecular complexity index is 404.